The van der Waals surface area contributed by atoms with Gasteiger partial charge in [-0.15, -0.1) is 10.2 Å². The van der Waals surface area contributed by atoms with Gasteiger partial charge in [0.25, 0.3) is 5.69 Å². The van der Waals surface area contributed by atoms with Crippen LogP contribution in [0.5, 0.6) is 0 Å². The van der Waals surface area contributed by atoms with Crippen LogP contribution in [-0.4, -0.2) is 63.0 Å². The zero-order valence-corrected chi connectivity index (χ0v) is 21.5. The lowest BCUT2D eigenvalue weighted by Gasteiger charge is -2.36. The van der Waals surface area contributed by atoms with Crippen molar-refractivity contribution in [3.05, 3.63) is 111 Å². The van der Waals surface area contributed by atoms with Crippen LogP contribution in [-0.2, 0) is 13.0 Å². The van der Waals surface area contributed by atoms with Gasteiger partial charge in [-0.25, -0.2) is 0 Å². The topological polar surface area (TPSA) is 92.7 Å². The van der Waals surface area contributed by atoms with Crippen LogP contribution in [0.1, 0.15) is 22.8 Å². The van der Waals surface area contributed by atoms with Gasteiger partial charge in [-0.05, 0) is 30.3 Å². The predicted octanol–water partition coefficient (Wildman–Crippen LogP) is 4.54. The number of hydrogen-bond donors (Lipinski definition) is 0. The zero-order chi connectivity index (χ0) is 26.1. The number of anilines is 1. The maximum absolute atomic E-state index is 11.4. The van der Waals surface area contributed by atoms with Gasteiger partial charge < -0.3 is 4.90 Å². The molecule has 4 aromatic rings. The third-order valence-corrected chi connectivity index (χ3v) is 7.34. The molecule has 1 saturated heterocycles. The SMILES string of the molecule is O=[N+]([O-])c1cccc(C2=NCc3nnc(CCN4CCN(c5ccccc5)CC4)n3-c3ccc(Cl)cc32)c1. The first-order valence-electron chi connectivity index (χ1n) is 12.6. The molecule has 3 heterocycles. The van der Waals surface area contributed by atoms with Crippen LogP contribution in [0.3, 0.4) is 0 Å². The molecule has 10 heteroatoms. The summed E-state index contributed by atoms with van der Waals surface area (Å²) in [4.78, 5) is 20.7. The minimum Gasteiger partial charge on any atom is -0.369 e. The van der Waals surface area contributed by atoms with Crippen LogP contribution in [0.2, 0.25) is 5.02 Å². The number of nitro benzene ring substituents is 1. The van der Waals surface area contributed by atoms with Crippen molar-refractivity contribution < 1.29 is 4.92 Å². The summed E-state index contributed by atoms with van der Waals surface area (Å²) in [6.45, 7) is 5.15. The lowest BCUT2D eigenvalue weighted by atomic mass is 10.00. The number of fused-ring (bicyclic) bond motifs is 3. The Bertz CT molecular complexity index is 1510. The maximum Gasteiger partial charge on any atom is 0.270 e. The number of halogens is 1. The Morgan fingerprint density at radius 2 is 1.74 bits per heavy atom. The van der Waals surface area contributed by atoms with Crippen LogP contribution in [0.15, 0.2) is 77.8 Å². The molecule has 2 aliphatic rings. The van der Waals surface area contributed by atoms with Crippen LogP contribution < -0.4 is 4.90 Å². The van der Waals surface area contributed by atoms with E-state index in [0.29, 0.717) is 22.8 Å². The first-order chi connectivity index (χ1) is 18.6. The lowest BCUT2D eigenvalue weighted by molar-refractivity contribution is -0.384. The second kappa shape index (κ2) is 10.4. The van der Waals surface area contributed by atoms with Crippen molar-refractivity contribution in [2.75, 3.05) is 37.6 Å². The molecule has 0 N–H and O–H groups in total. The normalized spacial score (nSPS) is 15.4. The fourth-order valence-corrected chi connectivity index (χ4v) is 5.34. The molecule has 38 heavy (non-hydrogen) atoms. The lowest BCUT2D eigenvalue weighted by Crippen LogP contribution is -2.47. The van der Waals surface area contributed by atoms with E-state index in [9.17, 15) is 10.1 Å². The van der Waals surface area contributed by atoms with Gasteiger partial charge in [0, 0.05) is 73.1 Å². The molecule has 0 amide bonds. The van der Waals surface area contributed by atoms with Gasteiger partial charge in [0.05, 0.1) is 16.3 Å². The quantitative estimate of drug-likeness (QED) is 0.270. The zero-order valence-electron chi connectivity index (χ0n) is 20.7. The number of aliphatic imine (C=N–C) groups is 1. The van der Waals surface area contributed by atoms with E-state index in [1.54, 1.807) is 12.1 Å². The van der Waals surface area contributed by atoms with Crippen molar-refractivity contribution in [1.29, 1.82) is 0 Å². The molecule has 0 unspecified atom stereocenters. The molecular weight excluding hydrogens is 502 g/mol. The minimum atomic E-state index is -0.396. The van der Waals surface area contributed by atoms with E-state index in [0.717, 1.165) is 62.0 Å². The van der Waals surface area contributed by atoms with Crippen LogP contribution in [0.4, 0.5) is 11.4 Å². The Morgan fingerprint density at radius 1 is 0.921 bits per heavy atom. The summed E-state index contributed by atoms with van der Waals surface area (Å²) >= 11 is 6.41. The van der Waals surface area contributed by atoms with Crippen molar-refractivity contribution in [1.82, 2.24) is 19.7 Å². The van der Waals surface area contributed by atoms with E-state index in [1.807, 2.05) is 30.3 Å². The summed E-state index contributed by atoms with van der Waals surface area (Å²) in [6.07, 6.45) is 0.743. The third-order valence-electron chi connectivity index (χ3n) is 7.11. The number of piperazine rings is 1. The summed E-state index contributed by atoms with van der Waals surface area (Å²) in [7, 11) is 0. The molecule has 3 aromatic carbocycles. The van der Waals surface area contributed by atoms with Gasteiger partial charge >= 0.3 is 0 Å². The molecule has 0 bridgehead atoms. The maximum atomic E-state index is 11.4. The number of benzene rings is 3. The monoisotopic (exact) mass is 527 g/mol. The predicted molar refractivity (Wildman–Crippen MR) is 148 cm³/mol. The number of nitro groups is 1. The molecule has 0 spiro atoms. The van der Waals surface area contributed by atoms with Gasteiger partial charge in [-0.2, -0.15) is 0 Å². The summed E-state index contributed by atoms with van der Waals surface area (Å²) in [5.41, 5.74) is 4.28. The molecule has 1 fully saturated rings. The van der Waals surface area contributed by atoms with Crippen LogP contribution >= 0.6 is 11.6 Å². The average molecular weight is 528 g/mol. The molecule has 1 aromatic heterocycles. The second-order valence-electron chi connectivity index (χ2n) is 9.42. The Kier molecular flexibility index (Phi) is 6.61. The average Bonchev–Trinajstić information content (AvgIpc) is 3.28. The highest BCUT2D eigenvalue weighted by Crippen LogP contribution is 2.29. The summed E-state index contributed by atoms with van der Waals surface area (Å²) in [5.74, 6) is 1.60. The molecular formula is C28H26ClN7O2. The fourth-order valence-electron chi connectivity index (χ4n) is 5.16. The van der Waals surface area contributed by atoms with Crippen molar-refractivity contribution >= 4 is 28.7 Å². The van der Waals surface area contributed by atoms with E-state index in [2.05, 4.69) is 48.8 Å². The molecule has 2 aliphatic heterocycles. The van der Waals surface area contributed by atoms with Gasteiger partial charge in [-0.3, -0.25) is 24.6 Å². The molecule has 0 atom stereocenters. The molecule has 0 aliphatic carbocycles. The van der Waals surface area contributed by atoms with E-state index >= 15 is 0 Å². The largest absolute Gasteiger partial charge is 0.369 e. The minimum absolute atomic E-state index is 0.0190. The number of rotatable bonds is 6. The first-order valence-corrected chi connectivity index (χ1v) is 13.0. The van der Waals surface area contributed by atoms with Gasteiger partial charge in [0.1, 0.15) is 12.4 Å². The molecule has 192 valence electrons. The molecule has 0 saturated carbocycles. The van der Waals surface area contributed by atoms with Crippen LogP contribution in [0.25, 0.3) is 5.69 Å². The van der Waals surface area contributed by atoms with E-state index < -0.39 is 4.92 Å². The molecule has 0 radical (unpaired) electrons. The first kappa shape index (κ1) is 24.3. The molecule has 6 rings (SSSR count). The van der Waals surface area contributed by atoms with Gasteiger partial charge in [-0.1, -0.05) is 41.9 Å². The van der Waals surface area contributed by atoms with E-state index in [1.165, 1.54) is 11.8 Å². The molecule has 9 nitrogen and oxygen atoms in total. The Labute approximate surface area is 225 Å². The van der Waals surface area contributed by atoms with Crippen molar-refractivity contribution in [2.45, 2.75) is 13.0 Å². The van der Waals surface area contributed by atoms with E-state index in [4.69, 9.17) is 16.6 Å². The number of nitrogens with zero attached hydrogens (tertiary/aromatic N) is 7. The third kappa shape index (κ3) is 4.78. The van der Waals surface area contributed by atoms with Crippen molar-refractivity contribution in [3.63, 3.8) is 0 Å². The number of aromatic nitrogens is 3. The Morgan fingerprint density at radius 3 is 2.53 bits per heavy atom. The smallest absolute Gasteiger partial charge is 0.270 e. The number of hydrogen-bond acceptors (Lipinski definition) is 7. The summed E-state index contributed by atoms with van der Waals surface area (Å²) in [6, 6.07) is 22.7. The highest BCUT2D eigenvalue weighted by Gasteiger charge is 2.25. The fraction of sp³-hybridized carbons (Fsp3) is 0.250. The summed E-state index contributed by atoms with van der Waals surface area (Å²) in [5, 5.41) is 21.0. The van der Waals surface area contributed by atoms with Gasteiger partial charge in [0.15, 0.2) is 5.82 Å². The highest BCUT2D eigenvalue weighted by molar-refractivity contribution is 6.31. The van der Waals surface area contributed by atoms with E-state index in [-0.39, 0.29) is 5.69 Å². The second-order valence-corrected chi connectivity index (χ2v) is 9.85. The number of non-ortho nitro benzene ring substituents is 1. The Balaban J connectivity index is 1.24. The number of para-hydroxylation sites is 1. The van der Waals surface area contributed by atoms with Gasteiger partial charge in [0.2, 0.25) is 0 Å². The van der Waals surface area contributed by atoms with Crippen molar-refractivity contribution in [2.24, 2.45) is 4.99 Å². The van der Waals surface area contributed by atoms with Crippen LogP contribution in [0, 0.1) is 10.1 Å². The summed E-state index contributed by atoms with van der Waals surface area (Å²) < 4.78 is 2.07. The standard InChI is InChI=1S/C28H26ClN7O2/c29-21-9-10-25-24(18-21)28(20-5-4-8-23(17-20)36(37)38)30-19-27-32-31-26(35(25)27)11-12-33-13-15-34(16-14-33)22-6-2-1-3-7-22/h1-10,17-18H,11-16,19H2. The highest BCUT2D eigenvalue weighted by atomic mass is 35.5. The van der Waals surface area contributed by atoms with Crippen molar-refractivity contribution in [3.8, 4) is 5.69 Å². The Hall–Kier alpha value is -4.08.